The van der Waals surface area contributed by atoms with Crippen LogP contribution in [0.3, 0.4) is 0 Å². The second-order valence-electron chi connectivity index (χ2n) is 5.99. The van der Waals surface area contributed by atoms with Crippen LogP contribution in [0.4, 0.5) is 5.13 Å². The fourth-order valence-corrected chi connectivity index (χ4v) is 3.32. The molecule has 0 aliphatic rings. The number of hydrogen-bond donors (Lipinski definition) is 1. The molecule has 0 bridgehead atoms. The molecule has 0 radical (unpaired) electrons. The van der Waals surface area contributed by atoms with Crippen molar-refractivity contribution in [2.45, 2.75) is 13.5 Å². The van der Waals surface area contributed by atoms with Gasteiger partial charge in [0.1, 0.15) is 11.5 Å². The summed E-state index contributed by atoms with van der Waals surface area (Å²) >= 11 is 1.38. The number of ether oxygens (including phenoxy) is 1. The van der Waals surface area contributed by atoms with E-state index in [9.17, 15) is 4.79 Å². The number of aromatic nitrogens is 3. The Morgan fingerprint density at radius 3 is 2.54 bits per heavy atom. The van der Waals surface area contributed by atoms with Crippen molar-refractivity contribution in [3.8, 4) is 22.8 Å². The number of anilines is 1. The fraction of sp³-hybridized carbons (Fsp3) is 0.0952. The highest BCUT2D eigenvalue weighted by Gasteiger charge is 2.12. The van der Waals surface area contributed by atoms with Gasteiger partial charge in [-0.2, -0.15) is 5.10 Å². The third-order valence-corrected chi connectivity index (χ3v) is 4.81. The second kappa shape index (κ2) is 8.06. The zero-order chi connectivity index (χ0) is 19.3. The molecule has 0 aliphatic carbocycles. The summed E-state index contributed by atoms with van der Waals surface area (Å²) in [5.74, 6) is 1.28. The predicted octanol–water partition coefficient (Wildman–Crippen LogP) is 5.07. The van der Waals surface area contributed by atoms with Crippen molar-refractivity contribution in [1.82, 2.24) is 14.8 Å². The first-order valence-corrected chi connectivity index (χ1v) is 9.73. The summed E-state index contributed by atoms with van der Waals surface area (Å²) in [6, 6.07) is 19.0. The maximum atomic E-state index is 12.3. The van der Waals surface area contributed by atoms with Crippen LogP contribution in [0.2, 0.25) is 0 Å². The Bertz CT molecular complexity index is 1070. The van der Waals surface area contributed by atoms with Crippen LogP contribution in [0, 0.1) is 0 Å². The van der Waals surface area contributed by atoms with Crippen LogP contribution >= 0.6 is 11.3 Å². The molecular formula is C21H18N4O2S. The molecule has 4 aromatic rings. The Morgan fingerprint density at radius 1 is 1.07 bits per heavy atom. The van der Waals surface area contributed by atoms with Crippen LogP contribution < -0.4 is 10.1 Å². The van der Waals surface area contributed by atoms with E-state index in [-0.39, 0.29) is 5.91 Å². The van der Waals surface area contributed by atoms with E-state index >= 15 is 0 Å². The molecule has 2 aromatic carbocycles. The first-order valence-electron chi connectivity index (χ1n) is 8.85. The molecule has 6 nitrogen and oxygen atoms in total. The first-order chi connectivity index (χ1) is 13.7. The smallest absolute Gasteiger partial charge is 0.277 e. The van der Waals surface area contributed by atoms with E-state index in [0.717, 1.165) is 29.3 Å². The predicted molar refractivity (Wildman–Crippen MR) is 110 cm³/mol. The molecular weight excluding hydrogens is 372 g/mol. The Kier molecular flexibility index (Phi) is 5.16. The van der Waals surface area contributed by atoms with Gasteiger partial charge in [0.05, 0.1) is 5.69 Å². The van der Waals surface area contributed by atoms with E-state index in [1.165, 1.54) is 11.3 Å². The largest absolute Gasteiger partial charge is 0.457 e. The summed E-state index contributed by atoms with van der Waals surface area (Å²) in [6.07, 6.45) is 1.78. The van der Waals surface area contributed by atoms with Gasteiger partial charge in [-0.05, 0) is 49.4 Å². The van der Waals surface area contributed by atoms with Gasteiger partial charge in [0.2, 0.25) is 0 Å². The molecule has 7 heteroatoms. The van der Waals surface area contributed by atoms with Crippen molar-refractivity contribution >= 4 is 22.4 Å². The minimum Gasteiger partial charge on any atom is -0.457 e. The lowest BCUT2D eigenvalue weighted by atomic mass is 10.2. The Balaban J connectivity index is 1.43. The SMILES string of the molecule is CCn1ccc(C(=O)Nc2nc(-c3ccc(Oc4ccccc4)cc3)cs2)n1. The van der Waals surface area contributed by atoms with Crippen LogP contribution in [0.25, 0.3) is 11.3 Å². The maximum absolute atomic E-state index is 12.3. The number of amides is 1. The summed E-state index contributed by atoms with van der Waals surface area (Å²) in [6.45, 7) is 2.69. The van der Waals surface area contributed by atoms with E-state index in [1.807, 2.05) is 66.9 Å². The molecule has 1 amide bonds. The molecule has 2 aromatic heterocycles. The van der Waals surface area contributed by atoms with Gasteiger partial charge in [0.15, 0.2) is 10.8 Å². The third kappa shape index (κ3) is 4.10. The number of nitrogens with zero attached hydrogens (tertiary/aromatic N) is 3. The quantitative estimate of drug-likeness (QED) is 0.499. The number of para-hydroxylation sites is 1. The molecule has 0 spiro atoms. The fourth-order valence-electron chi connectivity index (χ4n) is 2.60. The summed E-state index contributed by atoms with van der Waals surface area (Å²) < 4.78 is 7.51. The molecule has 0 saturated carbocycles. The monoisotopic (exact) mass is 390 g/mol. The second-order valence-corrected chi connectivity index (χ2v) is 6.85. The summed E-state index contributed by atoms with van der Waals surface area (Å²) in [7, 11) is 0. The Morgan fingerprint density at radius 2 is 1.82 bits per heavy atom. The highest BCUT2D eigenvalue weighted by Crippen LogP contribution is 2.28. The Labute approximate surface area is 166 Å². The number of rotatable bonds is 6. The maximum Gasteiger partial charge on any atom is 0.277 e. The van der Waals surface area contributed by atoms with Crippen molar-refractivity contribution in [2.75, 3.05) is 5.32 Å². The van der Waals surface area contributed by atoms with Gasteiger partial charge in [0, 0.05) is 23.7 Å². The minimum atomic E-state index is -0.264. The standard InChI is InChI=1S/C21H18N4O2S/c1-2-25-13-12-18(24-25)20(26)23-21-22-19(14-28-21)15-8-10-17(11-9-15)27-16-6-4-3-5-7-16/h3-14H,2H2,1H3,(H,22,23,26). The summed E-state index contributed by atoms with van der Waals surface area (Å²) in [4.78, 5) is 16.8. The van der Waals surface area contributed by atoms with Crippen molar-refractivity contribution in [3.05, 3.63) is 77.9 Å². The molecule has 0 unspecified atom stereocenters. The number of aryl methyl sites for hydroxylation is 1. The molecule has 1 N–H and O–H groups in total. The molecule has 0 aliphatic heterocycles. The van der Waals surface area contributed by atoms with Crippen molar-refractivity contribution in [3.63, 3.8) is 0 Å². The number of carbonyl (C=O) groups excluding carboxylic acids is 1. The highest BCUT2D eigenvalue weighted by atomic mass is 32.1. The molecule has 0 fully saturated rings. The van der Waals surface area contributed by atoms with Gasteiger partial charge in [-0.1, -0.05) is 18.2 Å². The molecule has 140 valence electrons. The van der Waals surface area contributed by atoms with Gasteiger partial charge >= 0.3 is 0 Å². The van der Waals surface area contributed by atoms with E-state index in [2.05, 4.69) is 15.4 Å². The molecule has 4 rings (SSSR count). The van der Waals surface area contributed by atoms with Crippen molar-refractivity contribution < 1.29 is 9.53 Å². The average Bonchev–Trinajstić information content (AvgIpc) is 3.39. The first kappa shape index (κ1) is 17.9. The molecule has 28 heavy (non-hydrogen) atoms. The lowest BCUT2D eigenvalue weighted by Gasteiger charge is -2.05. The highest BCUT2D eigenvalue weighted by molar-refractivity contribution is 7.14. The van der Waals surface area contributed by atoms with E-state index in [1.54, 1.807) is 16.9 Å². The van der Waals surface area contributed by atoms with Crippen LogP contribution in [0.5, 0.6) is 11.5 Å². The van der Waals surface area contributed by atoms with Gasteiger partial charge < -0.3 is 4.74 Å². The van der Waals surface area contributed by atoms with Gasteiger partial charge in [-0.15, -0.1) is 11.3 Å². The van der Waals surface area contributed by atoms with E-state index in [4.69, 9.17) is 4.74 Å². The summed E-state index contributed by atoms with van der Waals surface area (Å²) in [5.41, 5.74) is 2.12. The van der Waals surface area contributed by atoms with Gasteiger partial charge in [-0.25, -0.2) is 4.98 Å². The Hall–Kier alpha value is -3.45. The minimum absolute atomic E-state index is 0.264. The lowest BCUT2D eigenvalue weighted by Crippen LogP contribution is -2.13. The zero-order valence-corrected chi connectivity index (χ0v) is 16.0. The lowest BCUT2D eigenvalue weighted by molar-refractivity contribution is 0.102. The van der Waals surface area contributed by atoms with Crippen LogP contribution in [-0.2, 0) is 6.54 Å². The number of hydrogen-bond acceptors (Lipinski definition) is 5. The normalized spacial score (nSPS) is 10.6. The number of thiazole rings is 1. The molecule has 0 saturated heterocycles. The molecule has 0 atom stereocenters. The molecule has 2 heterocycles. The van der Waals surface area contributed by atoms with Gasteiger partial charge in [-0.3, -0.25) is 14.8 Å². The van der Waals surface area contributed by atoms with Gasteiger partial charge in [0.25, 0.3) is 5.91 Å². The topological polar surface area (TPSA) is 69.0 Å². The van der Waals surface area contributed by atoms with Crippen LogP contribution in [0.15, 0.2) is 72.2 Å². The zero-order valence-electron chi connectivity index (χ0n) is 15.2. The number of benzene rings is 2. The number of nitrogens with one attached hydrogen (secondary N) is 1. The summed E-state index contributed by atoms with van der Waals surface area (Å²) in [5, 5.41) is 9.45. The van der Waals surface area contributed by atoms with Crippen molar-refractivity contribution in [1.29, 1.82) is 0 Å². The number of carbonyl (C=O) groups is 1. The average molecular weight is 390 g/mol. The van der Waals surface area contributed by atoms with E-state index in [0.29, 0.717) is 10.8 Å². The van der Waals surface area contributed by atoms with Crippen molar-refractivity contribution in [2.24, 2.45) is 0 Å². The van der Waals surface area contributed by atoms with Crippen LogP contribution in [0.1, 0.15) is 17.4 Å². The third-order valence-electron chi connectivity index (χ3n) is 4.05. The van der Waals surface area contributed by atoms with E-state index < -0.39 is 0 Å². The van der Waals surface area contributed by atoms with Crippen LogP contribution in [-0.4, -0.2) is 20.7 Å².